The number of para-hydroxylation sites is 1. The lowest BCUT2D eigenvalue weighted by molar-refractivity contribution is 0.397. The van der Waals surface area contributed by atoms with Crippen molar-refractivity contribution in [2.24, 2.45) is 5.92 Å². The van der Waals surface area contributed by atoms with Gasteiger partial charge in [0.05, 0.1) is 0 Å². The molecule has 0 atom stereocenters. The van der Waals surface area contributed by atoms with Crippen LogP contribution in [0.5, 0.6) is 0 Å². The number of rotatable bonds is 5. The van der Waals surface area contributed by atoms with Gasteiger partial charge in [0.15, 0.2) is 5.82 Å². The highest BCUT2D eigenvalue weighted by Gasteiger charge is 2.22. The van der Waals surface area contributed by atoms with Crippen LogP contribution in [0.2, 0.25) is 5.02 Å². The van der Waals surface area contributed by atoms with Crippen LogP contribution in [-0.2, 0) is 12.8 Å². The molecule has 0 spiro atoms. The molecule has 0 radical (unpaired) electrons. The largest absolute Gasteiger partial charge is 0.372 e. The number of aryl methyl sites for hydroxylation is 1. The van der Waals surface area contributed by atoms with Gasteiger partial charge in [0.1, 0.15) is 0 Å². The van der Waals surface area contributed by atoms with Crippen molar-refractivity contribution in [2.75, 3.05) is 18.0 Å². The number of aromatic nitrogens is 4. The van der Waals surface area contributed by atoms with Gasteiger partial charge in [-0.25, -0.2) is 0 Å². The number of anilines is 1. The Hall–Kier alpha value is -3.12. The molecule has 2 aromatic heterocycles. The maximum Gasteiger partial charge on any atom is 0.279 e. The Morgan fingerprint density at radius 1 is 1.09 bits per heavy atom. The minimum Gasteiger partial charge on any atom is -0.372 e. The third-order valence-corrected chi connectivity index (χ3v) is 6.57. The lowest BCUT2D eigenvalue weighted by atomic mass is 9.93. The number of piperidine rings is 1. The molecule has 1 aliphatic rings. The van der Waals surface area contributed by atoms with Gasteiger partial charge in [-0.05, 0) is 55.5 Å². The SMILES string of the molecule is Cc1[nH]c2nc(CC3CCN(c4ccccc4)CC3)nn2c(=O)c1Cc1cccc(Cl)c1. The first-order valence-electron chi connectivity index (χ1n) is 11.1. The van der Waals surface area contributed by atoms with Gasteiger partial charge < -0.3 is 9.88 Å². The Kier molecular flexibility index (Phi) is 5.70. The van der Waals surface area contributed by atoms with Crippen molar-refractivity contribution in [3.63, 3.8) is 0 Å². The highest BCUT2D eigenvalue weighted by atomic mass is 35.5. The molecule has 32 heavy (non-hydrogen) atoms. The second kappa shape index (κ2) is 8.79. The number of benzene rings is 2. The fourth-order valence-electron chi connectivity index (χ4n) is 4.55. The van der Waals surface area contributed by atoms with E-state index in [9.17, 15) is 4.79 Å². The summed E-state index contributed by atoms with van der Waals surface area (Å²) in [4.78, 5) is 23.5. The number of H-pyrrole nitrogens is 1. The second-order valence-corrected chi connectivity index (χ2v) is 9.01. The summed E-state index contributed by atoms with van der Waals surface area (Å²) in [6, 6.07) is 18.1. The van der Waals surface area contributed by atoms with Crippen molar-refractivity contribution < 1.29 is 0 Å². The Morgan fingerprint density at radius 3 is 2.62 bits per heavy atom. The number of hydrogen-bond donors (Lipinski definition) is 1. The molecule has 1 saturated heterocycles. The van der Waals surface area contributed by atoms with Crippen LogP contribution >= 0.6 is 11.6 Å². The molecule has 164 valence electrons. The average Bonchev–Trinajstić information content (AvgIpc) is 3.20. The van der Waals surface area contributed by atoms with Gasteiger partial charge in [-0.1, -0.05) is 41.9 Å². The fourth-order valence-corrected chi connectivity index (χ4v) is 4.76. The highest BCUT2D eigenvalue weighted by molar-refractivity contribution is 6.30. The zero-order chi connectivity index (χ0) is 22.1. The van der Waals surface area contributed by atoms with E-state index in [4.69, 9.17) is 11.6 Å². The van der Waals surface area contributed by atoms with E-state index in [0.29, 0.717) is 28.7 Å². The van der Waals surface area contributed by atoms with Crippen molar-refractivity contribution in [3.8, 4) is 0 Å². The Labute approximate surface area is 191 Å². The standard InChI is InChI=1S/C25H26ClN5O/c1-17-22(15-19-6-5-7-20(26)14-19)24(32)31-25(27-17)28-23(29-31)16-18-10-12-30(13-11-18)21-8-3-2-4-9-21/h2-9,14,18H,10-13,15-16H2,1H3,(H,27,28,29). The summed E-state index contributed by atoms with van der Waals surface area (Å²) in [5, 5.41) is 5.23. The molecule has 7 heteroatoms. The average molecular weight is 448 g/mol. The van der Waals surface area contributed by atoms with Crippen molar-refractivity contribution in [3.05, 3.63) is 92.6 Å². The molecule has 3 heterocycles. The molecule has 0 saturated carbocycles. The van der Waals surface area contributed by atoms with E-state index in [-0.39, 0.29) is 5.56 Å². The van der Waals surface area contributed by atoms with Crippen LogP contribution in [0.15, 0.2) is 59.4 Å². The summed E-state index contributed by atoms with van der Waals surface area (Å²) in [5.74, 6) is 1.77. The van der Waals surface area contributed by atoms with Crippen LogP contribution in [0.25, 0.3) is 5.78 Å². The van der Waals surface area contributed by atoms with E-state index in [1.165, 1.54) is 10.2 Å². The van der Waals surface area contributed by atoms with E-state index >= 15 is 0 Å². The number of hydrogen-bond acceptors (Lipinski definition) is 4. The monoisotopic (exact) mass is 447 g/mol. The molecule has 4 aromatic rings. The third-order valence-electron chi connectivity index (χ3n) is 6.33. The molecule has 6 nitrogen and oxygen atoms in total. The van der Waals surface area contributed by atoms with E-state index in [1.807, 2.05) is 31.2 Å². The first kappa shape index (κ1) is 20.8. The van der Waals surface area contributed by atoms with Crippen molar-refractivity contribution >= 4 is 23.1 Å². The molecule has 0 bridgehead atoms. The normalized spacial score (nSPS) is 14.9. The van der Waals surface area contributed by atoms with Gasteiger partial charge >= 0.3 is 0 Å². The second-order valence-electron chi connectivity index (χ2n) is 8.57. The maximum absolute atomic E-state index is 13.1. The molecule has 2 aromatic carbocycles. The van der Waals surface area contributed by atoms with Crippen LogP contribution in [0.1, 0.15) is 35.5 Å². The van der Waals surface area contributed by atoms with Crippen LogP contribution in [0.4, 0.5) is 5.69 Å². The molecule has 1 aliphatic heterocycles. The number of halogens is 1. The molecule has 0 unspecified atom stereocenters. The van der Waals surface area contributed by atoms with Gasteiger partial charge in [-0.15, -0.1) is 5.10 Å². The zero-order valence-corrected chi connectivity index (χ0v) is 18.8. The van der Waals surface area contributed by atoms with Gasteiger partial charge in [-0.3, -0.25) is 4.79 Å². The Morgan fingerprint density at radius 2 is 1.88 bits per heavy atom. The molecular formula is C25H26ClN5O. The fraction of sp³-hybridized carbons (Fsp3) is 0.320. The molecule has 1 N–H and O–H groups in total. The smallest absolute Gasteiger partial charge is 0.279 e. The van der Waals surface area contributed by atoms with Gasteiger partial charge in [0.2, 0.25) is 5.78 Å². The lowest BCUT2D eigenvalue weighted by Crippen LogP contribution is -2.34. The Balaban J connectivity index is 1.32. The minimum atomic E-state index is -0.117. The van der Waals surface area contributed by atoms with Crippen LogP contribution in [0.3, 0.4) is 0 Å². The predicted octanol–water partition coefficient (Wildman–Crippen LogP) is 4.43. The highest BCUT2D eigenvalue weighted by Crippen LogP contribution is 2.25. The van der Waals surface area contributed by atoms with E-state index in [2.05, 4.69) is 50.3 Å². The molecule has 5 rings (SSSR count). The zero-order valence-electron chi connectivity index (χ0n) is 18.1. The third kappa shape index (κ3) is 4.28. The lowest BCUT2D eigenvalue weighted by Gasteiger charge is -2.33. The number of nitrogens with zero attached hydrogens (tertiary/aromatic N) is 4. The maximum atomic E-state index is 13.1. The van der Waals surface area contributed by atoms with E-state index < -0.39 is 0 Å². The van der Waals surface area contributed by atoms with Gasteiger partial charge in [-0.2, -0.15) is 9.50 Å². The summed E-state index contributed by atoms with van der Waals surface area (Å²) in [7, 11) is 0. The summed E-state index contributed by atoms with van der Waals surface area (Å²) in [6.07, 6.45) is 3.49. The number of nitrogens with one attached hydrogen (secondary N) is 1. The molecule has 0 aliphatic carbocycles. The van der Waals surface area contributed by atoms with Crippen LogP contribution in [-0.4, -0.2) is 32.7 Å². The van der Waals surface area contributed by atoms with Gasteiger partial charge in [0, 0.05) is 47.9 Å². The first-order valence-corrected chi connectivity index (χ1v) is 11.5. The number of aromatic amines is 1. The molecule has 0 amide bonds. The first-order chi connectivity index (χ1) is 15.6. The van der Waals surface area contributed by atoms with Crippen LogP contribution < -0.4 is 10.5 Å². The quantitative estimate of drug-likeness (QED) is 0.491. The minimum absolute atomic E-state index is 0.117. The molecule has 1 fully saturated rings. The van der Waals surface area contributed by atoms with Gasteiger partial charge in [0.25, 0.3) is 5.56 Å². The van der Waals surface area contributed by atoms with Crippen molar-refractivity contribution in [2.45, 2.75) is 32.6 Å². The van der Waals surface area contributed by atoms with E-state index in [1.54, 1.807) is 0 Å². The summed E-state index contributed by atoms with van der Waals surface area (Å²) >= 11 is 6.11. The summed E-state index contributed by atoms with van der Waals surface area (Å²) < 4.78 is 1.42. The van der Waals surface area contributed by atoms with Crippen LogP contribution in [0, 0.1) is 12.8 Å². The van der Waals surface area contributed by atoms with E-state index in [0.717, 1.165) is 49.4 Å². The molecular weight excluding hydrogens is 422 g/mol. The summed E-state index contributed by atoms with van der Waals surface area (Å²) in [6.45, 7) is 3.97. The van der Waals surface area contributed by atoms with Crippen molar-refractivity contribution in [1.29, 1.82) is 0 Å². The number of fused-ring (bicyclic) bond motifs is 1. The Bertz CT molecular complexity index is 1290. The summed E-state index contributed by atoms with van der Waals surface area (Å²) in [5.41, 5.74) is 3.67. The predicted molar refractivity (Wildman–Crippen MR) is 128 cm³/mol. The van der Waals surface area contributed by atoms with Crippen molar-refractivity contribution in [1.82, 2.24) is 19.6 Å². The topological polar surface area (TPSA) is 66.3 Å².